The number of rotatable bonds is 6. The molecule has 0 fully saturated rings. The minimum absolute atomic E-state index is 0.0728. The molecule has 3 aromatic carbocycles. The molecule has 0 atom stereocenters. The summed E-state index contributed by atoms with van der Waals surface area (Å²) in [7, 11) is 0. The number of halogens is 2. The Morgan fingerprint density at radius 2 is 1.88 bits per heavy atom. The van der Waals surface area contributed by atoms with Crippen LogP contribution >= 0.6 is 23.4 Å². The maximum atomic E-state index is 13.5. The molecular formula is C22H14ClFN4O4S. The average molecular weight is 485 g/mol. The van der Waals surface area contributed by atoms with Crippen LogP contribution in [-0.4, -0.2) is 26.1 Å². The van der Waals surface area contributed by atoms with Crippen LogP contribution in [0.5, 0.6) is 0 Å². The second kappa shape index (κ2) is 9.39. The molecule has 0 bridgehead atoms. The van der Waals surface area contributed by atoms with E-state index >= 15 is 0 Å². The first-order valence-corrected chi connectivity index (χ1v) is 10.8. The van der Waals surface area contributed by atoms with E-state index in [-0.39, 0.29) is 22.2 Å². The average Bonchev–Trinajstić information content (AvgIpc) is 2.80. The third-order valence-electron chi connectivity index (χ3n) is 4.60. The highest BCUT2D eigenvalue weighted by Gasteiger charge is 2.18. The molecule has 0 spiro atoms. The number of fused-ring (bicyclic) bond motifs is 1. The van der Waals surface area contributed by atoms with Gasteiger partial charge in [-0.15, -0.1) is 0 Å². The molecule has 33 heavy (non-hydrogen) atoms. The van der Waals surface area contributed by atoms with Gasteiger partial charge in [0.2, 0.25) is 11.7 Å². The first kappa shape index (κ1) is 22.4. The number of anilines is 1. The fraction of sp³-hybridized carbons (Fsp3) is 0.0455. The predicted molar refractivity (Wildman–Crippen MR) is 125 cm³/mol. The number of amides is 1. The lowest BCUT2D eigenvalue weighted by Gasteiger charge is -2.14. The molecule has 0 aliphatic rings. The van der Waals surface area contributed by atoms with Gasteiger partial charge in [0, 0.05) is 11.8 Å². The Bertz CT molecular complexity index is 1460. The molecule has 11 heteroatoms. The Hall–Kier alpha value is -3.76. The monoisotopic (exact) mass is 484 g/mol. The standard InChI is InChI=1S/C22H14ClFN4O4S/c23-15-6-2-4-8-18(15)27-21(30)14-5-1-3-7-17(14)26-22(27)33-12-20(29)25-13-9-10-16(24)19(11-13)28(31)32/h1-11H,12H2,(H,25,29). The van der Waals surface area contributed by atoms with E-state index < -0.39 is 22.3 Å². The van der Waals surface area contributed by atoms with Crippen LogP contribution in [0, 0.1) is 15.9 Å². The molecule has 4 aromatic rings. The molecule has 0 saturated heterocycles. The van der Waals surface area contributed by atoms with E-state index in [4.69, 9.17) is 11.6 Å². The molecule has 1 amide bonds. The number of benzene rings is 3. The fourth-order valence-corrected chi connectivity index (χ4v) is 4.14. The zero-order valence-electron chi connectivity index (χ0n) is 16.7. The van der Waals surface area contributed by atoms with Gasteiger partial charge in [-0.3, -0.25) is 24.3 Å². The Kier molecular flexibility index (Phi) is 6.38. The van der Waals surface area contributed by atoms with E-state index in [1.54, 1.807) is 48.5 Å². The summed E-state index contributed by atoms with van der Waals surface area (Å²) in [6, 6.07) is 16.6. The molecule has 1 heterocycles. The molecule has 4 rings (SSSR count). The predicted octanol–water partition coefficient (Wildman–Crippen LogP) is 4.82. The van der Waals surface area contributed by atoms with Gasteiger partial charge in [-0.1, -0.05) is 47.6 Å². The highest BCUT2D eigenvalue weighted by atomic mass is 35.5. The SMILES string of the molecule is O=C(CSc1nc2ccccc2c(=O)n1-c1ccccc1Cl)Nc1ccc(F)c([N+](=O)[O-])c1. The van der Waals surface area contributed by atoms with Crippen molar-refractivity contribution >= 4 is 51.5 Å². The van der Waals surface area contributed by atoms with E-state index in [0.717, 1.165) is 23.9 Å². The number of nitro groups is 1. The van der Waals surface area contributed by atoms with Crippen LogP contribution in [-0.2, 0) is 4.79 Å². The third kappa shape index (κ3) is 4.71. The second-order valence-corrected chi connectivity index (χ2v) is 8.11. The Balaban J connectivity index is 1.65. The number of carbonyl (C=O) groups is 1. The highest BCUT2D eigenvalue weighted by Crippen LogP contribution is 2.26. The zero-order valence-corrected chi connectivity index (χ0v) is 18.3. The van der Waals surface area contributed by atoms with Gasteiger partial charge in [0.15, 0.2) is 5.16 Å². The first-order chi connectivity index (χ1) is 15.8. The molecule has 8 nitrogen and oxygen atoms in total. The molecule has 1 aromatic heterocycles. The lowest BCUT2D eigenvalue weighted by molar-refractivity contribution is -0.387. The zero-order chi connectivity index (χ0) is 23.5. The van der Waals surface area contributed by atoms with Crippen LogP contribution in [0.15, 0.2) is 76.7 Å². The van der Waals surface area contributed by atoms with Crippen molar-refractivity contribution < 1.29 is 14.1 Å². The Labute approximate surface area is 195 Å². The van der Waals surface area contributed by atoms with Gasteiger partial charge in [0.1, 0.15) is 0 Å². The lowest BCUT2D eigenvalue weighted by atomic mass is 10.2. The first-order valence-electron chi connectivity index (χ1n) is 9.48. The molecule has 0 aliphatic carbocycles. The van der Waals surface area contributed by atoms with Crippen molar-refractivity contribution in [2.75, 3.05) is 11.1 Å². The maximum Gasteiger partial charge on any atom is 0.306 e. The van der Waals surface area contributed by atoms with Crippen LogP contribution < -0.4 is 10.9 Å². The van der Waals surface area contributed by atoms with Gasteiger partial charge in [-0.05, 0) is 36.4 Å². The number of aromatic nitrogens is 2. The quantitative estimate of drug-likeness (QED) is 0.182. The van der Waals surface area contributed by atoms with Gasteiger partial charge in [0.25, 0.3) is 5.56 Å². The van der Waals surface area contributed by atoms with E-state index in [2.05, 4.69) is 10.3 Å². The van der Waals surface area contributed by atoms with Crippen LogP contribution in [0.3, 0.4) is 0 Å². The summed E-state index contributed by atoms with van der Waals surface area (Å²) >= 11 is 7.31. The van der Waals surface area contributed by atoms with E-state index in [1.165, 1.54) is 10.6 Å². The van der Waals surface area contributed by atoms with Crippen molar-refractivity contribution in [2.24, 2.45) is 0 Å². The van der Waals surface area contributed by atoms with Crippen molar-refractivity contribution in [3.8, 4) is 5.69 Å². The van der Waals surface area contributed by atoms with Gasteiger partial charge in [-0.2, -0.15) is 4.39 Å². The molecule has 1 N–H and O–H groups in total. The largest absolute Gasteiger partial charge is 0.325 e. The summed E-state index contributed by atoms with van der Waals surface area (Å²) in [5.74, 6) is -1.69. The molecular weight excluding hydrogens is 471 g/mol. The van der Waals surface area contributed by atoms with Gasteiger partial charge in [0.05, 0.1) is 32.3 Å². The molecule has 0 unspecified atom stereocenters. The molecule has 0 aliphatic heterocycles. The maximum absolute atomic E-state index is 13.5. The number of carbonyl (C=O) groups excluding carboxylic acids is 1. The number of nitrogens with one attached hydrogen (secondary N) is 1. The van der Waals surface area contributed by atoms with E-state index in [0.29, 0.717) is 21.6 Å². The minimum atomic E-state index is -1.00. The summed E-state index contributed by atoms with van der Waals surface area (Å²) in [4.78, 5) is 40.3. The second-order valence-electron chi connectivity index (χ2n) is 6.76. The normalized spacial score (nSPS) is 10.8. The number of hydrogen-bond donors (Lipinski definition) is 1. The lowest BCUT2D eigenvalue weighted by Crippen LogP contribution is -2.23. The summed E-state index contributed by atoms with van der Waals surface area (Å²) < 4.78 is 14.9. The number of hydrogen-bond acceptors (Lipinski definition) is 6. The van der Waals surface area contributed by atoms with Crippen LogP contribution in [0.25, 0.3) is 16.6 Å². The number of nitrogens with zero attached hydrogens (tertiary/aromatic N) is 3. The summed E-state index contributed by atoms with van der Waals surface area (Å²) in [6.07, 6.45) is 0. The van der Waals surface area contributed by atoms with Crippen molar-refractivity contribution in [3.63, 3.8) is 0 Å². The van der Waals surface area contributed by atoms with Crippen molar-refractivity contribution in [2.45, 2.75) is 5.16 Å². The molecule has 166 valence electrons. The van der Waals surface area contributed by atoms with Gasteiger partial charge >= 0.3 is 5.69 Å². The van der Waals surface area contributed by atoms with Crippen molar-refractivity contribution in [3.05, 3.63) is 98.0 Å². The summed E-state index contributed by atoms with van der Waals surface area (Å²) in [6.45, 7) is 0. The minimum Gasteiger partial charge on any atom is -0.325 e. The Morgan fingerprint density at radius 3 is 2.64 bits per heavy atom. The van der Waals surface area contributed by atoms with Gasteiger partial charge < -0.3 is 5.32 Å². The summed E-state index contributed by atoms with van der Waals surface area (Å²) in [5, 5.41) is 14.4. The van der Waals surface area contributed by atoms with Crippen LogP contribution in [0.1, 0.15) is 0 Å². The van der Waals surface area contributed by atoms with Crippen molar-refractivity contribution in [1.82, 2.24) is 9.55 Å². The van der Waals surface area contributed by atoms with E-state index in [1.807, 2.05) is 0 Å². The summed E-state index contributed by atoms with van der Waals surface area (Å²) in [5.41, 5.74) is -0.138. The van der Waals surface area contributed by atoms with E-state index in [9.17, 15) is 24.1 Å². The van der Waals surface area contributed by atoms with Gasteiger partial charge in [-0.25, -0.2) is 4.98 Å². The van der Waals surface area contributed by atoms with Crippen LogP contribution in [0.4, 0.5) is 15.8 Å². The van der Waals surface area contributed by atoms with Crippen LogP contribution in [0.2, 0.25) is 5.02 Å². The number of thioether (sulfide) groups is 1. The fourth-order valence-electron chi connectivity index (χ4n) is 3.11. The smallest absolute Gasteiger partial charge is 0.306 e. The Morgan fingerprint density at radius 1 is 1.15 bits per heavy atom. The number of nitro benzene ring substituents is 1. The van der Waals surface area contributed by atoms with Crippen molar-refractivity contribution in [1.29, 1.82) is 0 Å². The topological polar surface area (TPSA) is 107 Å². The molecule has 0 saturated carbocycles. The third-order valence-corrected chi connectivity index (χ3v) is 5.86. The number of para-hydroxylation sites is 2. The highest BCUT2D eigenvalue weighted by molar-refractivity contribution is 7.99. The molecule has 0 radical (unpaired) electrons.